The topological polar surface area (TPSA) is 51.2 Å². The van der Waals surface area contributed by atoms with Crippen molar-refractivity contribution in [3.05, 3.63) is 89.6 Å². The minimum Gasteiger partial charge on any atom is -0.488 e. The van der Waals surface area contributed by atoms with Crippen molar-refractivity contribution in [3.8, 4) is 17.0 Å². The number of amides is 1. The molecule has 0 aliphatic carbocycles. The number of benzene rings is 2. The molecule has 4 nitrogen and oxygen atoms in total. The lowest BCUT2D eigenvalue weighted by molar-refractivity contribution is 0.0933. The molecule has 0 saturated heterocycles. The van der Waals surface area contributed by atoms with Gasteiger partial charge in [-0.05, 0) is 60.0 Å². The number of aryl methyl sites for hydroxylation is 1. The van der Waals surface area contributed by atoms with Gasteiger partial charge in [0, 0.05) is 23.7 Å². The molecule has 1 atom stereocenters. The fourth-order valence-electron chi connectivity index (χ4n) is 3.31. The molecule has 0 saturated carbocycles. The number of ether oxygens (including phenoxy) is 1. The van der Waals surface area contributed by atoms with Gasteiger partial charge in [0.1, 0.15) is 11.9 Å². The van der Waals surface area contributed by atoms with Crippen LogP contribution in [0.15, 0.2) is 67.4 Å². The lowest BCUT2D eigenvalue weighted by Crippen LogP contribution is -2.34. The Labute approximate surface area is 164 Å². The van der Waals surface area contributed by atoms with Crippen LogP contribution in [-0.4, -0.2) is 23.5 Å². The van der Waals surface area contributed by atoms with Crippen LogP contribution < -0.4 is 10.1 Å². The number of hydrogen-bond donors (Lipinski definition) is 1. The molecular weight excluding hydrogens is 348 g/mol. The maximum Gasteiger partial charge on any atom is 0.251 e. The van der Waals surface area contributed by atoms with Crippen molar-refractivity contribution in [3.63, 3.8) is 0 Å². The Morgan fingerprint density at radius 3 is 2.75 bits per heavy atom. The maximum atomic E-state index is 12.3. The lowest BCUT2D eigenvalue weighted by Gasteiger charge is -2.12. The smallest absolute Gasteiger partial charge is 0.251 e. The molecule has 0 spiro atoms. The number of fused-ring (bicyclic) bond motifs is 1. The third-order valence-corrected chi connectivity index (χ3v) is 4.91. The van der Waals surface area contributed by atoms with Gasteiger partial charge in [-0.3, -0.25) is 9.78 Å². The van der Waals surface area contributed by atoms with Gasteiger partial charge in [-0.15, -0.1) is 0 Å². The van der Waals surface area contributed by atoms with Crippen molar-refractivity contribution in [1.29, 1.82) is 0 Å². The van der Waals surface area contributed by atoms with E-state index in [9.17, 15) is 4.79 Å². The summed E-state index contributed by atoms with van der Waals surface area (Å²) in [4.78, 5) is 16.8. The van der Waals surface area contributed by atoms with Crippen LogP contribution in [0.3, 0.4) is 0 Å². The Bertz CT molecular complexity index is 1010. The van der Waals surface area contributed by atoms with Crippen LogP contribution in [0, 0.1) is 6.92 Å². The van der Waals surface area contributed by atoms with Crippen molar-refractivity contribution in [2.24, 2.45) is 0 Å². The van der Waals surface area contributed by atoms with Gasteiger partial charge in [-0.2, -0.15) is 0 Å². The van der Waals surface area contributed by atoms with Crippen LogP contribution >= 0.6 is 0 Å². The quantitative estimate of drug-likeness (QED) is 0.723. The van der Waals surface area contributed by atoms with Crippen molar-refractivity contribution >= 4 is 12.0 Å². The average Bonchev–Trinajstić information content (AvgIpc) is 3.15. The predicted octanol–water partition coefficient (Wildman–Crippen LogP) is 4.43. The number of nitrogens with zero attached hydrogens (tertiary/aromatic N) is 1. The molecular formula is C24H22N2O2. The van der Waals surface area contributed by atoms with Crippen LogP contribution in [0.1, 0.15) is 27.0 Å². The average molecular weight is 370 g/mol. The molecule has 2 aromatic carbocycles. The molecule has 0 unspecified atom stereocenters. The molecule has 1 aliphatic heterocycles. The van der Waals surface area contributed by atoms with Gasteiger partial charge in [0.25, 0.3) is 5.91 Å². The van der Waals surface area contributed by atoms with Crippen molar-refractivity contribution in [1.82, 2.24) is 10.3 Å². The zero-order valence-electron chi connectivity index (χ0n) is 15.8. The normalized spacial score (nSPS) is 14.8. The second-order valence-electron chi connectivity index (χ2n) is 7.02. The summed E-state index contributed by atoms with van der Waals surface area (Å²) >= 11 is 0. The second-order valence-corrected chi connectivity index (χ2v) is 7.02. The summed E-state index contributed by atoms with van der Waals surface area (Å²) in [5.41, 5.74) is 5.94. The minimum absolute atomic E-state index is 0.0624. The van der Waals surface area contributed by atoms with Gasteiger partial charge < -0.3 is 10.1 Å². The van der Waals surface area contributed by atoms with Crippen molar-refractivity contribution < 1.29 is 9.53 Å². The molecule has 140 valence electrons. The molecule has 4 heteroatoms. The highest BCUT2D eigenvalue weighted by atomic mass is 16.5. The molecule has 3 aromatic rings. The molecule has 1 aromatic heterocycles. The highest BCUT2D eigenvalue weighted by Crippen LogP contribution is 2.32. The Morgan fingerprint density at radius 2 is 2.04 bits per heavy atom. The van der Waals surface area contributed by atoms with Crippen molar-refractivity contribution in [2.45, 2.75) is 19.4 Å². The first-order chi connectivity index (χ1) is 13.6. The van der Waals surface area contributed by atoms with E-state index in [4.69, 9.17) is 4.74 Å². The number of hydrogen-bond acceptors (Lipinski definition) is 3. The number of rotatable bonds is 5. The summed E-state index contributed by atoms with van der Waals surface area (Å²) in [6.07, 6.45) is 4.34. The summed E-state index contributed by atoms with van der Waals surface area (Å²) in [5.74, 6) is 0.783. The number of carbonyl (C=O) groups excluding carboxylic acids is 1. The molecule has 4 rings (SSSR count). The standard InChI is InChI=1S/C24H22N2O2/c1-3-17-5-7-18(8-6-17)24(27)26-15-21-13-20-12-19(9-11-23(20)28-21)22-10-4-16(2)14-25-22/h3-12,14,21H,1,13,15H2,2H3,(H,26,27)/t21-/m0/s1. The molecule has 1 aliphatic rings. The Kier molecular flexibility index (Phi) is 4.94. The van der Waals surface area contributed by atoms with E-state index in [2.05, 4.69) is 29.0 Å². The number of carbonyl (C=O) groups is 1. The highest BCUT2D eigenvalue weighted by Gasteiger charge is 2.24. The third kappa shape index (κ3) is 3.81. The number of aromatic nitrogens is 1. The zero-order valence-corrected chi connectivity index (χ0v) is 15.8. The first-order valence-electron chi connectivity index (χ1n) is 9.36. The maximum absolute atomic E-state index is 12.3. The van der Waals surface area contributed by atoms with E-state index in [1.165, 1.54) is 0 Å². The van der Waals surface area contributed by atoms with Gasteiger partial charge >= 0.3 is 0 Å². The first-order valence-corrected chi connectivity index (χ1v) is 9.36. The van der Waals surface area contributed by atoms with Crippen LogP contribution in [-0.2, 0) is 6.42 Å². The number of nitrogens with one attached hydrogen (secondary N) is 1. The molecule has 28 heavy (non-hydrogen) atoms. The van der Waals surface area contributed by atoms with Crippen LogP contribution in [0.4, 0.5) is 0 Å². The zero-order chi connectivity index (χ0) is 19.5. The summed E-state index contributed by atoms with van der Waals surface area (Å²) in [5, 5.41) is 2.96. The summed E-state index contributed by atoms with van der Waals surface area (Å²) in [6, 6.07) is 17.6. The lowest BCUT2D eigenvalue weighted by atomic mass is 10.0. The van der Waals surface area contributed by atoms with E-state index in [1.807, 2.05) is 43.5 Å². The molecule has 0 fully saturated rings. The molecule has 2 heterocycles. The minimum atomic E-state index is -0.0975. The van der Waals surface area contributed by atoms with Gasteiger partial charge in [0.05, 0.1) is 12.2 Å². The fraction of sp³-hybridized carbons (Fsp3) is 0.167. The van der Waals surface area contributed by atoms with Crippen molar-refractivity contribution in [2.75, 3.05) is 6.54 Å². The third-order valence-electron chi connectivity index (χ3n) is 4.91. The Hall–Kier alpha value is -3.40. The van der Waals surface area contributed by atoms with E-state index in [1.54, 1.807) is 18.2 Å². The Morgan fingerprint density at radius 1 is 1.21 bits per heavy atom. The van der Waals surface area contributed by atoms with E-state index >= 15 is 0 Å². The SMILES string of the molecule is C=Cc1ccc(C(=O)NC[C@@H]2Cc3cc(-c4ccc(C)cn4)ccc3O2)cc1. The van der Waals surface area contributed by atoms with Crippen LogP contribution in [0.2, 0.25) is 0 Å². The Balaban J connectivity index is 1.38. The van der Waals surface area contributed by atoms with E-state index in [-0.39, 0.29) is 12.0 Å². The molecule has 1 N–H and O–H groups in total. The van der Waals surface area contributed by atoms with Gasteiger partial charge in [0.15, 0.2) is 0 Å². The summed E-state index contributed by atoms with van der Waals surface area (Å²) in [7, 11) is 0. The second kappa shape index (κ2) is 7.69. The summed E-state index contributed by atoms with van der Waals surface area (Å²) < 4.78 is 5.99. The van der Waals surface area contributed by atoms with Crippen LogP contribution in [0.5, 0.6) is 5.75 Å². The van der Waals surface area contributed by atoms with Gasteiger partial charge in [0.2, 0.25) is 0 Å². The molecule has 0 radical (unpaired) electrons. The van der Waals surface area contributed by atoms with E-state index in [0.717, 1.165) is 40.1 Å². The molecule has 0 bridgehead atoms. The highest BCUT2D eigenvalue weighted by molar-refractivity contribution is 5.94. The monoisotopic (exact) mass is 370 g/mol. The molecule has 1 amide bonds. The number of pyridine rings is 1. The first kappa shape index (κ1) is 18.0. The van der Waals surface area contributed by atoms with E-state index < -0.39 is 0 Å². The van der Waals surface area contributed by atoms with Gasteiger partial charge in [-0.25, -0.2) is 0 Å². The van der Waals surface area contributed by atoms with Crippen LogP contribution in [0.25, 0.3) is 17.3 Å². The van der Waals surface area contributed by atoms with Gasteiger partial charge in [-0.1, -0.05) is 30.9 Å². The fourth-order valence-corrected chi connectivity index (χ4v) is 3.31. The van der Waals surface area contributed by atoms with E-state index in [0.29, 0.717) is 12.1 Å². The largest absolute Gasteiger partial charge is 0.488 e. The predicted molar refractivity (Wildman–Crippen MR) is 111 cm³/mol. The summed E-state index contributed by atoms with van der Waals surface area (Å²) in [6.45, 7) is 6.22.